The Hall–Kier alpha value is -2.65. The van der Waals surface area contributed by atoms with E-state index < -0.39 is 0 Å². The van der Waals surface area contributed by atoms with Crippen molar-refractivity contribution in [1.82, 2.24) is 0 Å². The molecule has 1 N–H and O–H groups in total. The normalized spacial score (nSPS) is 13.5. The number of anilines is 2. The average molecular weight is 337 g/mol. The highest BCUT2D eigenvalue weighted by Crippen LogP contribution is 2.47. The van der Waals surface area contributed by atoms with E-state index in [4.69, 9.17) is 11.6 Å². The molecular weight excluding hydrogens is 320 g/mol. The molecule has 120 valence electrons. The average Bonchev–Trinajstić information content (AvgIpc) is 3.31. The third kappa shape index (κ3) is 2.29. The van der Waals surface area contributed by atoms with Gasteiger partial charge in [0, 0.05) is 15.8 Å². The molecule has 3 aromatic carbocycles. The van der Waals surface area contributed by atoms with Gasteiger partial charge in [-0.1, -0.05) is 41.9 Å². The summed E-state index contributed by atoms with van der Waals surface area (Å²) in [7, 11) is 0. The predicted molar refractivity (Wildman–Crippen MR) is 100 cm³/mol. The van der Waals surface area contributed by atoms with Crippen LogP contribution in [0.5, 0.6) is 5.75 Å². The number of benzene rings is 3. The van der Waals surface area contributed by atoms with E-state index in [1.54, 1.807) is 6.07 Å². The summed E-state index contributed by atoms with van der Waals surface area (Å²) in [6.07, 6.45) is 0. The number of allylic oxidation sites excluding steroid dienone is 1. The lowest BCUT2D eigenvalue weighted by Gasteiger charge is -2.10. The Bertz CT molecular complexity index is 976. The van der Waals surface area contributed by atoms with Crippen molar-refractivity contribution < 1.29 is 5.11 Å². The van der Waals surface area contributed by atoms with Crippen molar-refractivity contribution in [2.45, 2.75) is 13.8 Å². The second kappa shape index (κ2) is 5.46. The first-order valence-corrected chi connectivity index (χ1v) is 8.19. The Kier molecular flexibility index (Phi) is 3.39. The lowest BCUT2D eigenvalue weighted by molar-refractivity contribution is 0.481. The molecule has 0 aromatic heterocycles. The maximum absolute atomic E-state index is 10.1. The molecule has 0 spiro atoms. The first-order chi connectivity index (χ1) is 11.6. The lowest BCUT2D eigenvalue weighted by atomic mass is 10.1. The minimum Gasteiger partial charge on any atom is -0.507 e. The van der Waals surface area contributed by atoms with E-state index in [-0.39, 0.29) is 0 Å². The maximum atomic E-state index is 10.1. The number of hydrazine groups is 1. The van der Waals surface area contributed by atoms with Crippen molar-refractivity contribution in [1.29, 1.82) is 0 Å². The van der Waals surface area contributed by atoms with Gasteiger partial charge in [-0.25, -0.2) is 10.0 Å². The van der Waals surface area contributed by atoms with Crippen molar-refractivity contribution in [3.63, 3.8) is 0 Å². The summed E-state index contributed by atoms with van der Waals surface area (Å²) in [4.78, 5) is 0. The third-order valence-corrected chi connectivity index (χ3v) is 4.40. The van der Waals surface area contributed by atoms with Gasteiger partial charge in [0.05, 0.1) is 11.4 Å². The molecule has 4 heteroatoms. The molecule has 0 atom stereocenters. The number of halogens is 1. The molecular formula is C20H17ClN2O. The van der Waals surface area contributed by atoms with Gasteiger partial charge >= 0.3 is 0 Å². The highest BCUT2D eigenvalue weighted by atomic mass is 35.5. The van der Waals surface area contributed by atoms with Crippen LogP contribution >= 0.6 is 11.6 Å². The summed E-state index contributed by atoms with van der Waals surface area (Å²) < 4.78 is 0. The Labute approximate surface area is 146 Å². The number of aromatic hydroxyl groups is 1. The number of nitrogens with zero attached hydrogens (tertiary/aromatic N) is 2. The van der Waals surface area contributed by atoms with E-state index >= 15 is 0 Å². The number of phenolic OH excluding ortho intramolecular Hbond substituents is 1. The van der Waals surface area contributed by atoms with Crippen LogP contribution in [-0.2, 0) is 0 Å². The van der Waals surface area contributed by atoms with Crippen LogP contribution in [0.15, 0.2) is 72.1 Å². The molecule has 0 amide bonds. The second-order valence-electron chi connectivity index (χ2n) is 6.08. The van der Waals surface area contributed by atoms with Crippen molar-refractivity contribution in [3.8, 4) is 5.75 Å². The highest BCUT2D eigenvalue weighted by Gasteiger charge is 2.42. The maximum Gasteiger partial charge on any atom is 0.151 e. The fraction of sp³-hybridized carbons (Fsp3) is 0.100. The first-order valence-electron chi connectivity index (χ1n) is 7.82. The van der Waals surface area contributed by atoms with Crippen LogP contribution in [0.4, 0.5) is 11.4 Å². The van der Waals surface area contributed by atoms with E-state index in [2.05, 4.69) is 23.9 Å². The SMILES string of the molecule is CC(C)=C1N(c2cccc(Cl)c2)N1c1ccc(O)c2ccccc12. The molecule has 0 radical (unpaired) electrons. The molecule has 1 heterocycles. The summed E-state index contributed by atoms with van der Waals surface area (Å²) in [5.41, 5.74) is 3.28. The van der Waals surface area contributed by atoms with Gasteiger partial charge < -0.3 is 5.11 Å². The van der Waals surface area contributed by atoms with Crippen LogP contribution in [0.25, 0.3) is 10.8 Å². The van der Waals surface area contributed by atoms with Gasteiger partial charge in [-0.2, -0.15) is 0 Å². The third-order valence-electron chi connectivity index (χ3n) is 4.17. The first kappa shape index (κ1) is 14.9. The molecule has 0 bridgehead atoms. The fourth-order valence-corrected chi connectivity index (χ4v) is 3.27. The van der Waals surface area contributed by atoms with Crippen LogP contribution in [0.2, 0.25) is 5.02 Å². The summed E-state index contributed by atoms with van der Waals surface area (Å²) in [6, 6.07) is 19.4. The molecule has 1 aliphatic heterocycles. The van der Waals surface area contributed by atoms with Gasteiger partial charge in [-0.3, -0.25) is 0 Å². The van der Waals surface area contributed by atoms with Crippen molar-refractivity contribution >= 4 is 33.7 Å². The van der Waals surface area contributed by atoms with E-state index in [0.717, 1.165) is 28.0 Å². The van der Waals surface area contributed by atoms with E-state index in [1.807, 2.05) is 54.6 Å². The molecule has 24 heavy (non-hydrogen) atoms. The molecule has 1 saturated heterocycles. The standard InChI is InChI=1S/C20H17ClN2O/c1-13(2)20-22(15-7-5-6-14(21)12-15)23(20)18-10-11-19(24)17-9-4-3-8-16(17)18/h3-12,24H,1-2H3. The number of fused-ring (bicyclic) bond motifs is 1. The van der Waals surface area contributed by atoms with E-state index in [1.165, 1.54) is 5.57 Å². The number of rotatable bonds is 2. The van der Waals surface area contributed by atoms with E-state index in [0.29, 0.717) is 10.8 Å². The molecule has 0 aliphatic carbocycles. The number of phenols is 1. The summed E-state index contributed by atoms with van der Waals surface area (Å²) in [5, 5.41) is 17.0. The van der Waals surface area contributed by atoms with Gasteiger partial charge in [0.25, 0.3) is 0 Å². The smallest absolute Gasteiger partial charge is 0.151 e. The quantitative estimate of drug-likeness (QED) is 0.609. The fourth-order valence-electron chi connectivity index (χ4n) is 3.09. The Morgan fingerprint density at radius 1 is 0.875 bits per heavy atom. The molecule has 1 aliphatic rings. The second-order valence-corrected chi connectivity index (χ2v) is 6.51. The Morgan fingerprint density at radius 2 is 1.62 bits per heavy atom. The zero-order valence-electron chi connectivity index (χ0n) is 13.5. The summed E-state index contributed by atoms with van der Waals surface area (Å²) in [5.74, 6) is 1.43. The van der Waals surface area contributed by atoms with Crippen LogP contribution in [-0.4, -0.2) is 5.11 Å². The predicted octanol–water partition coefficient (Wildman–Crippen LogP) is 5.69. The summed E-state index contributed by atoms with van der Waals surface area (Å²) in [6.45, 7) is 4.19. The van der Waals surface area contributed by atoms with Crippen molar-refractivity contribution in [2.75, 3.05) is 10.0 Å². The molecule has 3 nitrogen and oxygen atoms in total. The highest BCUT2D eigenvalue weighted by molar-refractivity contribution is 6.30. The van der Waals surface area contributed by atoms with Crippen LogP contribution in [0.3, 0.4) is 0 Å². The van der Waals surface area contributed by atoms with Crippen LogP contribution in [0, 0.1) is 0 Å². The van der Waals surface area contributed by atoms with Gasteiger partial charge in [0.2, 0.25) is 0 Å². The zero-order chi connectivity index (χ0) is 16.8. The van der Waals surface area contributed by atoms with Gasteiger partial charge in [0.15, 0.2) is 5.82 Å². The topological polar surface area (TPSA) is 26.2 Å². The van der Waals surface area contributed by atoms with E-state index in [9.17, 15) is 5.11 Å². The lowest BCUT2D eigenvalue weighted by Crippen LogP contribution is -2.04. The monoisotopic (exact) mass is 336 g/mol. The number of hydrogen-bond donors (Lipinski definition) is 1. The Morgan fingerprint density at radius 3 is 2.33 bits per heavy atom. The molecule has 0 saturated carbocycles. The van der Waals surface area contributed by atoms with Crippen LogP contribution in [0.1, 0.15) is 13.8 Å². The van der Waals surface area contributed by atoms with Gasteiger partial charge in [0.1, 0.15) is 5.75 Å². The van der Waals surface area contributed by atoms with Gasteiger partial charge in [-0.15, -0.1) is 0 Å². The minimum atomic E-state index is 0.296. The zero-order valence-corrected chi connectivity index (χ0v) is 14.2. The largest absolute Gasteiger partial charge is 0.507 e. The van der Waals surface area contributed by atoms with Crippen molar-refractivity contribution in [3.05, 3.63) is 77.1 Å². The molecule has 4 rings (SSSR count). The van der Waals surface area contributed by atoms with Crippen LogP contribution < -0.4 is 10.0 Å². The van der Waals surface area contributed by atoms with Crippen molar-refractivity contribution in [2.24, 2.45) is 0 Å². The van der Waals surface area contributed by atoms with Gasteiger partial charge in [-0.05, 0) is 49.8 Å². The molecule has 0 unspecified atom stereocenters. The Balaban J connectivity index is 1.88. The molecule has 1 fully saturated rings. The minimum absolute atomic E-state index is 0.296. The number of hydrogen-bond acceptors (Lipinski definition) is 3. The summed E-state index contributed by atoms with van der Waals surface area (Å²) >= 11 is 6.16. The molecule has 3 aromatic rings.